The lowest BCUT2D eigenvalue weighted by molar-refractivity contribution is 0.586. The third-order valence-electron chi connectivity index (χ3n) is 3.00. The predicted octanol–water partition coefficient (Wildman–Crippen LogP) is 4.21. The summed E-state index contributed by atoms with van der Waals surface area (Å²) in [7, 11) is 0. The van der Waals surface area contributed by atoms with E-state index < -0.39 is 0 Å². The Balaban J connectivity index is 1.91. The summed E-state index contributed by atoms with van der Waals surface area (Å²) < 4.78 is 2.18. The zero-order chi connectivity index (χ0) is 12.6. The molecular weight excluding hydrogens is 222 g/mol. The molecule has 1 N–H and O–H groups in total. The van der Waals surface area contributed by atoms with Crippen molar-refractivity contribution in [3.8, 4) is 0 Å². The lowest BCUT2D eigenvalue weighted by Crippen LogP contribution is -2.03. The number of para-hydroxylation sites is 1. The molecule has 0 radical (unpaired) electrons. The average molecular weight is 243 g/mol. The maximum absolute atomic E-state index is 4.36. The third-order valence-corrected chi connectivity index (χ3v) is 3.00. The van der Waals surface area contributed by atoms with Gasteiger partial charge in [-0.15, -0.1) is 0 Å². The fourth-order valence-electron chi connectivity index (χ4n) is 1.97. The van der Waals surface area contributed by atoms with E-state index in [1.807, 2.05) is 30.6 Å². The van der Waals surface area contributed by atoms with Crippen LogP contribution in [0.25, 0.3) is 0 Å². The number of rotatable bonds is 7. The molecule has 1 heterocycles. The van der Waals surface area contributed by atoms with E-state index >= 15 is 0 Å². The highest BCUT2D eigenvalue weighted by molar-refractivity contribution is 5.52. The fourth-order valence-corrected chi connectivity index (χ4v) is 1.97. The second kappa shape index (κ2) is 6.84. The lowest BCUT2D eigenvalue weighted by Gasteiger charge is -2.09. The summed E-state index contributed by atoms with van der Waals surface area (Å²) >= 11 is 0. The zero-order valence-electron chi connectivity index (χ0n) is 11.0. The Morgan fingerprint density at radius 1 is 1.11 bits per heavy atom. The van der Waals surface area contributed by atoms with Gasteiger partial charge in [-0.25, -0.2) is 4.98 Å². The van der Waals surface area contributed by atoms with Gasteiger partial charge in [0, 0.05) is 24.6 Å². The molecule has 0 unspecified atom stereocenters. The molecule has 0 aliphatic rings. The van der Waals surface area contributed by atoms with Crippen molar-refractivity contribution in [2.24, 2.45) is 0 Å². The number of nitrogens with zero attached hydrogens (tertiary/aromatic N) is 2. The van der Waals surface area contributed by atoms with Crippen molar-refractivity contribution in [1.29, 1.82) is 0 Å². The number of aromatic nitrogens is 2. The van der Waals surface area contributed by atoms with Crippen molar-refractivity contribution in [2.75, 3.05) is 5.32 Å². The van der Waals surface area contributed by atoms with E-state index in [-0.39, 0.29) is 0 Å². The Kier molecular flexibility index (Phi) is 4.82. The minimum atomic E-state index is 0.928. The first kappa shape index (κ1) is 12.7. The first-order valence-electron chi connectivity index (χ1n) is 6.73. The van der Waals surface area contributed by atoms with Crippen LogP contribution in [0.4, 0.5) is 11.6 Å². The summed E-state index contributed by atoms with van der Waals surface area (Å²) in [6.07, 6.45) is 8.99. The number of benzene rings is 1. The zero-order valence-corrected chi connectivity index (χ0v) is 11.0. The maximum Gasteiger partial charge on any atom is 0.207 e. The Morgan fingerprint density at radius 3 is 2.72 bits per heavy atom. The first-order chi connectivity index (χ1) is 8.90. The van der Waals surface area contributed by atoms with Crippen LogP contribution in [0.1, 0.15) is 32.6 Å². The van der Waals surface area contributed by atoms with E-state index in [9.17, 15) is 0 Å². The monoisotopic (exact) mass is 243 g/mol. The molecule has 0 bridgehead atoms. The van der Waals surface area contributed by atoms with Crippen molar-refractivity contribution in [3.63, 3.8) is 0 Å². The van der Waals surface area contributed by atoms with Gasteiger partial charge in [0.1, 0.15) is 0 Å². The summed E-state index contributed by atoms with van der Waals surface area (Å²) in [4.78, 5) is 4.36. The summed E-state index contributed by atoms with van der Waals surface area (Å²) in [6.45, 7) is 3.27. The van der Waals surface area contributed by atoms with Crippen LogP contribution in [0, 0.1) is 0 Å². The van der Waals surface area contributed by atoms with Gasteiger partial charge in [0.2, 0.25) is 5.95 Å². The van der Waals surface area contributed by atoms with E-state index in [1.165, 1.54) is 25.7 Å². The molecule has 0 atom stereocenters. The highest BCUT2D eigenvalue weighted by Crippen LogP contribution is 2.15. The molecule has 3 nitrogen and oxygen atoms in total. The Bertz CT molecular complexity index is 448. The van der Waals surface area contributed by atoms with E-state index in [2.05, 4.69) is 33.9 Å². The SMILES string of the molecule is CCCCCCn1ccnc1Nc1ccccc1. The number of aryl methyl sites for hydroxylation is 1. The molecule has 96 valence electrons. The topological polar surface area (TPSA) is 29.9 Å². The summed E-state index contributed by atoms with van der Waals surface area (Å²) in [5.41, 5.74) is 1.08. The molecule has 3 heteroatoms. The standard InChI is InChI=1S/C15H21N3/c1-2-3-4-8-12-18-13-11-16-15(18)17-14-9-6-5-7-10-14/h5-7,9-11,13H,2-4,8,12H2,1H3,(H,16,17). The van der Waals surface area contributed by atoms with E-state index in [1.54, 1.807) is 0 Å². The van der Waals surface area contributed by atoms with E-state index in [0.29, 0.717) is 0 Å². The largest absolute Gasteiger partial charge is 0.326 e. The molecule has 0 aliphatic heterocycles. The molecule has 1 aromatic carbocycles. The minimum Gasteiger partial charge on any atom is -0.326 e. The number of nitrogens with one attached hydrogen (secondary N) is 1. The second-order valence-corrected chi connectivity index (χ2v) is 4.50. The van der Waals surface area contributed by atoms with Crippen molar-refractivity contribution in [1.82, 2.24) is 9.55 Å². The van der Waals surface area contributed by atoms with Crippen LogP contribution < -0.4 is 5.32 Å². The van der Waals surface area contributed by atoms with E-state index in [4.69, 9.17) is 0 Å². The van der Waals surface area contributed by atoms with Gasteiger partial charge in [-0.2, -0.15) is 0 Å². The number of anilines is 2. The lowest BCUT2D eigenvalue weighted by atomic mass is 10.2. The van der Waals surface area contributed by atoms with Crippen molar-refractivity contribution >= 4 is 11.6 Å². The third kappa shape index (κ3) is 3.62. The van der Waals surface area contributed by atoms with Gasteiger partial charge in [-0.05, 0) is 18.6 Å². The molecule has 0 spiro atoms. The van der Waals surface area contributed by atoms with Crippen LogP contribution in [0.3, 0.4) is 0 Å². The Labute approximate surface area is 109 Å². The predicted molar refractivity (Wildman–Crippen MR) is 76.1 cm³/mol. The Hall–Kier alpha value is -1.77. The van der Waals surface area contributed by atoms with Crippen LogP contribution in [0.15, 0.2) is 42.7 Å². The molecule has 1 aromatic heterocycles. The van der Waals surface area contributed by atoms with Gasteiger partial charge in [-0.3, -0.25) is 0 Å². The van der Waals surface area contributed by atoms with Gasteiger partial charge in [0.25, 0.3) is 0 Å². The number of hydrogen-bond acceptors (Lipinski definition) is 2. The summed E-state index contributed by atoms with van der Waals surface area (Å²) in [6, 6.07) is 10.2. The minimum absolute atomic E-state index is 0.928. The maximum atomic E-state index is 4.36. The van der Waals surface area contributed by atoms with Crippen molar-refractivity contribution in [3.05, 3.63) is 42.7 Å². The Morgan fingerprint density at radius 2 is 1.94 bits per heavy atom. The van der Waals surface area contributed by atoms with Crippen molar-refractivity contribution in [2.45, 2.75) is 39.2 Å². The number of unbranched alkanes of at least 4 members (excludes halogenated alkanes) is 3. The normalized spacial score (nSPS) is 10.5. The number of hydrogen-bond donors (Lipinski definition) is 1. The first-order valence-corrected chi connectivity index (χ1v) is 6.73. The van der Waals surface area contributed by atoms with Crippen molar-refractivity contribution < 1.29 is 0 Å². The molecule has 2 rings (SSSR count). The van der Waals surface area contributed by atoms with Crippen LogP contribution in [-0.2, 0) is 6.54 Å². The van der Waals surface area contributed by atoms with Gasteiger partial charge < -0.3 is 9.88 Å². The van der Waals surface area contributed by atoms with Gasteiger partial charge in [0.05, 0.1) is 0 Å². The van der Waals surface area contributed by atoms with Crippen LogP contribution >= 0.6 is 0 Å². The highest BCUT2D eigenvalue weighted by atomic mass is 15.2. The van der Waals surface area contributed by atoms with Crippen LogP contribution in [0.2, 0.25) is 0 Å². The highest BCUT2D eigenvalue weighted by Gasteiger charge is 2.02. The molecule has 2 aromatic rings. The summed E-state index contributed by atoms with van der Waals surface area (Å²) in [5, 5.41) is 3.35. The van der Waals surface area contributed by atoms with Gasteiger partial charge >= 0.3 is 0 Å². The van der Waals surface area contributed by atoms with Crippen LogP contribution in [0.5, 0.6) is 0 Å². The van der Waals surface area contributed by atoms with E-state index in [0.717, 1.165) is 18.2 Å². The molecular formula is C15H21N3. The number of imidazole rings is 1. The molecule has 0 fully saturated rings. The molecule has 0 saturated carbocycles. The fraction of sp³-hybridized carbons (Fsp3) is 0.400. The molecule has 18 heavy (non-hydrogen) atoms. The van der Waals surface area contributed by atoms with Gasteiger partial charge in [-0.1, -0.05) is 44.4 Å². The van der Waals surface area contributed by atoms with Gasteiger partial charge in [0.15, 0.2) is 0 Å². The average Bonchev–Trinajstić information content (AvgIpc) is 2.83. The van der Waals surface area contributed by atoms with Crippen LogP contribution in [-0.4, -0.2) is 9.55 Å². The summed E-state index contributed by atoms with van der Waals surface area (Å²) in [5.74, 6) is 0.928. The molecule has 0 amide bonds. The smallest absolute Gasteiger partial charge is 0.207 e. The quantitative estimate of drug-likeness (QED) is 0.738. The molecule has 0 aliphatic carbocycles. The molecule has 0 saturated heterocycles. The second-order valence-electron chi connectivity index (χ2n) is 4.50.